The van der Waals surface area contributed by atoms with E-state index in [-0.39, 0.29) is 0 Å². The molecule has 0 saturated carbocycles. The maximum absolute atomic E-state index is 5.13. The lowest BCUT2D eigenvalue weighted by atomic mass is 10.1. The summed E-state index contributed by atoms with van der Waals surface area (Å²) in [7, 11) is 1.70. The van der Waals surface area contributed by atoms with Crippen LogP contribution in [0.5, 0.6) is 0 Å². The van der Waals surface area contributed by atoms with Gasteiger partial charge in [-0.1, -0.05) is 31.2 Å². The van der Waals surface area contributed by atoms with Crippen molar-refractivity contribution in [3.8, 4) is 11.4 Å². The lowest BCUT2D eigenvalue weighted by Gasteiger charge is -2.13. The van der Waals surface area contributed by atoms with E-state index in [1.54, 1.807) is 7.11 Å². The molecule has 0 aliphatic carbocycles. The molecule has 4 heteroatoms. The molecule has 0 saturated heterocycles. The molecule has 2 rings (SSSR count). The Hall–Kier alpha value is -1.94. The summed E-state index contributed by atoms with van der Waals surface area (Å²) in [5.41, 5.74) is 4.41. The number of hydrogen-bond donors (Lipinski definition) is 1. The van der Waals surface area contributed by atoms with Gasteiger partial charge in [0, 0.05) is 30.5 Å². The van der Waals surface area contributed by atoms with Gasteiger partial charge in [0.2, 0.25) is 0 Å². The zero-order valence-corrected chi connectivity index (χ0v) is 13.2. The molecule has 1 aromatic heterocycles. The van der Waals surface area contributed by atoms with Gasteiger partial charge < -0.3 is 10.1 Å². The minimum atomic E-state index is 0.623. The fourth-order valence-corrected chi connectivity index (χ4v) is 2.38. The molecule has 4 nitrogen and oxygen atoms in total. The topological polar surface area (TPSA) is 47.0 Å². The summed E-state index contributed by atoms with van der Waals surface area (Å²) < 4.78 is 5.13. The van der Waals surface area contributed by atoms with E-state index in [1.807, 2.05) is 19.1 Å². The van der Waals surface area contributed by atoms with Crippen LogP contribution in [-0.2, 0) is 17.8 Å². The molecule has 0 spiro atoms. The number of benzene rings is 1. The molecular formula is C17H23N3O. The summed E-state index contributed by atoms with van der Waals surface area (Å²) in [5.74, 6) is 1.72. The number of nitrogens with zero attached hydrogens (tertiary/aromatic N) is 2. The summed E-state index contributed by atoms with van der Waals surface area (Å²) in [4.78, 5) is 9.34. The maximum Gasteiger partial charge on any atom is 0.161 e. The number of ether oxygens (including phenoxy) is 1. The molecule has 0 aliphatic rings. The van der Waals surface area contributed by atoms with Gasteiger partial charge in [0.05, 0.1) is 6.61 Å². The van der Waals surface area contributed by atoms with E-state index in [9.17, 15) is 0 Å². The Balaban J connectivity index is 2.39. The fraction of sp³-hybridized carbons (Fsp3) is 0.412. The van der Waals surface area contributed by atoms with Crippen molar-refractivity contribution in [2.45, 2.75) is 33.8 Å². The third-order valence-electron chi connectivity index (χ3n) is 3.43. The summed E-state index contributed by atoms with van der Waals surface area (Å²) in [5, 5.41) is 3.34. The standard InChI is InChI=1S/C17H23N3O/c1-5-15-12(3)19-16(20-17(15)18-6-2)14-9-7-13(8-10-14)11-21-4/h7-10H,5-6,11H2,1-4H3,(H,18,19,20). The Kier molecular flexibility index (Phi) is 5.28. The van der Waals surface area contributed by atoms with Crippen LogP contribution in [0.15, 0.2) is 24.3 Å². The van der Waals surface area contributed by atoms with Crippen molar-refractivity contribution in [2.75, 3.05) is 19.0 Å². The second-order valence-corrected chi connectivity index (χ2v) is 4.97. The SMILES string of the molecule is CCNc1nc(-c2ccc(COC)cc2)nc(C)c1CC. The Morgan fingerprint density at radius 3 is 2.38 bits per heavy atom. The first-order valence-electron chi connectivity index (χ1n) is 7.39. The van der Waals surface area contributed by atoms with Crippen LogP contribution in [0.1, 0.15) is 30.7 Å². The van der Waals surface area contributed by atoms with Gasteiger partial charge in [-0.15, -0.1) is 0 Å². The van der Waals surface area contributed by atoms with Crippen LogP contribution in [0.4, 0.5) is 5.82 Å². The van der Waals surface area contributed by atoms with Gasteiger partial charge in [-0.3, -0.25) is 0 Å². The van der Waals surface area contributed by atoms with E-state index in [1.165, 1.54) is 5.56 Å². The Bertz CT molecular complexity index is 594. The first kappa shape index (κ1) is 15.4. The lowest BCUT2D eigenvalue weighted by Crippen LogP contribution is -2.08. The van der Waals surface area contributed by atoms with Gasteiger partial charge in [0.1, 0.15) is 5.82 Å². The Morgan fingerprint density at radius 2 is 1.81 bits per heavy atom. The van der Waals surface area contributed by atoms with Crippen molar-refractivity contribution in [2.24, 2.45) is 0 Å². The smallest absolute Gasteiger partial charge is 0.161 e. The molecule has 0 amide bonds. The highest BCUT2D eigenvalue weighted by atomic mass is 16.5. The highest BCUT2D eigenvalue weighted by Crippen LogP contribution is 2.23. The third kappa shape index (κ3) is 3.58. The molecule has 2 aromatic rings. The molecule has 112 valence electrons. The molecule has 0 aliphatic heterocycles. The summed E-state index contributed by atoms with van der Waals surface area (Å²) in [6.07, 6.45) is 0.932. The monoisotopic (exact) mass is 285 g/mol. The van der Waals surface area contributed by atoms with Gasteiger partial charge in [-0.25, -0.2) is 9.97 Å². The normalized spacial score (nSPS) is 10.7. The van der Waals surface area contributed by atoms with E-state index in [4.69, 9.17) is 4.74 Å². The Labute approximate surface area is 126 Å². The zero-order valence-electron chi connectivity index (χ0n) is 13.2. The van der Waals surface area contributed by atoms with E-state index in [0.29, 0.717) is 6.61 Å². The van der Waals surface area contributed by atoms with Gasteiger partial charge in [0.15, 0.2) is 5.82 Å². The van der Waals surface area contributed by atoms with Crippen LogP contribution < -0.4 is 5.32 Å². The van der Waals surface area contributed by atoms with Crippen LogP contribution in [0.25, 0.3) is 11.4 Å². The van der Waals surface area contributed by atoms with Crippen molar-refractivity contribution >= 4 is 5.82 Å². The minimum absolute atomic E-state index is 0.623. The fourth-order valence-electron chi connectivity index (χ4n) is 2.38. The van der Waals surface area contributed by atoms with E-state index in [0.717, 1.165) is 41.4 Å². The molecule has 1 heterocycles. The van der Waals surface area contributed by atoms with Crippen molar-refractivity contribution in [1.29, 1.82) is 0 Å². The van der Waals surface area contributed by atoms with Crippen molar-refractivity contribution in [1.82, 2.24) is 9.97 Å². The highest BCUT2D eigenvalue weighted by Gasteiger charge is 2.11. The summed E-state index contributed by atoms with van der Waals surface area (Å²) in [6.45, 7) is 7.74. The molecule has 0 fully saturated rings. The van der Waals surface area contributed by atoms with Crippen LogP contribution in [0, 0.1) is 6.92 Å². The first-order valence-corrected chi connectivity index (χ1v) is 7.39. The van der Waals surface area contributed by atoms with Crippen LogP contribution in [-0.4, -0.2) is 23.6 Å². The average Bonchev–Trinajstić information content (AvgIpc) is 2.48. The van der Waals surface area contributed by atoms with Gasteiger partial charge in [-0.2, -0.15) is 0 Å². The largest absolute Gasteiger partial charge is 0.380 e. The van der Waals surface area contributed by atoms with Gasteiger partial charge in [-0.05, 0) is 25.8 Å². The number of aromatic nitrogens is 2. The minimum Gasteiger partial charge on any atom is -0.380 e. The highest BCUT2D eigenvalue weighted by molar-refractivity contribution is 5.60. The summed E-state index contributed by atoms with van der Waals surface area (Å²) in [6, 6.07) is 8.20. The van der Waals surface area contributed by atoms with Crippen molar-refractivity contribution in [3.63, 3.8) is 0 Å². The molecule has 0 radical (unpaired) electrons. The number of hydrogen-bond acceptors (Lipinski definition) is 4. The predicted octanol–water partition coefficient (Wildman–Crippen LogP) is 3.59. The van der Waals surface area contributed by atoms with E-state index in [2.05, 4.69) is 41.3 Å². The lowest BCUT2D eigenvalue weighted by molar-refractivity contribution is 0.185. The molecular weight excluding hydrogens is 262 g/mol. The van der Waals surface area contributed by atoms with Crippen LogP contribution in [0.2, 0.25) is 0 Å². The first-order chi connectivity index (χ1) is 10.2. The molecule has 0 unspecified atom stereocenters. The summed E-state index contributed by atoms with van der Waals surface area (Å²) >= 11 is 0. The average molecular weight is 285 g/mol. The van der Waals surface area contributed by atoms with E-state index < -0.39 is 0 Å². The number of rotatable bonds is 6. The van der Waals surface area contributed by atoms with E-state index >= 15 is 0 Å². The molecule has 1 aromatic carbocycles. The van der Waals surface area contributed by atoms with Crippen LogP contribution in [0.3, 0.4) is 0 Å². The van der Waals surface area contributed by atoms with Crippen molar-refractivity contribution in [3.05, 3.63) is 41.1 Å². The third-order valence-corrected chi connectivity index (χ3v) is 3.43. The number of methoxy groups -OCH3 is 1. The number of anilines is 1. The second-order valence-electron chi connectivity index (χ2n) is 4.97. The second kappa shape index (κ2) is 7.18. The quantitative estimate of drug-likeness (QED) is 0.881. The predicted molar refractivity (Wildman–Crippen MR) is 86.5 cm³/mol. The van der Waals surface area contributed by atoms with Gasteiger partial charge in [0.25, 0.3) is 0 Å². The molecule has 21 heavy (non-hydrogen) atoms. The van der Waals surface area contributed by atoms with Gasteiger partial charge >= 0.3 is 0 Å². The van der Waals surface area contributed by atoms with Crippen molar-refractivity contribution < 1.29 is 4.74 Å². The molecule has 1 N–H and O–H groups in total. The molecule has 0 bridgehead atoms. The maximum atomic E-state index is 5.13. The number of nitrogens with one attached hydrogen (secondary N) is 1. The van der Waals surface area contributed by atoms with Crippen LogP contribution >= 0.6 is 0 Å². The zero-order chi connectivity index (χ0) is 15.2. The number of aryl methyl sites for hydroxylation is 1. The molecule has 0 atom stereocenters. The Morgan fingerprint density at radius 1 is 1.10 bits per heavy atom.